The molecule has 1 saturated carbocycles. The van der Waals surface area contributed by atoms with E-state index in [2.05, 4.69) is 10.6 Å². The van der Waals surface area contributed by atoms with Gasteiger partial charge in [0.2, 0.25) is 0 Å². The Morgan fingerprint density at radius 1 is 1.00 bits per heavy atom. The minimum absolute atomic E-state index is 0.158. The van der Waals surface area contributed by atoms with Crippen LogP contribution >= 0.6 is 0 Å². The molecule has 134 valence electrons. The van der Waals surface area contributed by atoms with Gasteiger partial charge in [-0.25, -0.2) is 4.79 Å². The van der Waals surface area contributed by atoms with Crippen molar-refractivity contribution >= 4 is 17.8 Å². The van der Waals surface area contributed by atoms with Crippen molar-refractivity contribution in [3.8, 4) is 0 Å². The normalized spacial score (nSPS) is 18.0. The summed E-state index contributed by atoms with van der Waals surface area (Å²) in [7, 11) is 0. The molecule has 1 aliphatic carbocycles. The second-order valence-corrected chi connectivity index (χ2v) is 6.75. The summed E-state index contributed by atoms with van der Waals surface area (Å²) in [4.78, 5) is 37.7. The molecule has 1 aromatic carbocycles. The smallest absolute Gasteiger partial charge is 0.315 e. The van der Waals surface area contributed by atoms with E-state index in [-0.39, 0.29) is 23.9 Å². The molecule has 0 saturated heterocycles. The van der Waals surface area contributed by atoms with Crippen LogP contribution in [0.4, 0.5) is 4.79 Å². The van der Waals surface area contributed by atoms with Crippen LogP contribution < -0.4 is 10.6 Å². The van der Waals surface area contributed by atoms with Crippen LogP contribution in [0.15, 0.2) is 24.3 Å². The SMILES string of the molecule is O=C(NCCCN1C(=O)c2ccccc2C1=O)NC1CCCCCC1. The van der Waals surface area contributed by atoms with Gasteiger partial charge in [-0.15, -0.1) is 0 Å². The van der Waals surface area contributed by atoms with E-state index in [9.17, 15) is 14.4 Å². The second-order valence-electron chi connectivity index (χ2n) is 6.75. The highest BCUT2D eigenvalue weighted by atomic mass is 16.2. The summed E-state index contributed by atoms with van der Waals surface area (Å²) in [6.07, 6.45) is 7.48. The van der Waals surface area contributed by atoms with Gasteiger partial charge in [0, 0.05) is 19.1 Å². The van der Waals surface area contributed by atoms with Crippen LogP contribution in [-0.2, 0) is 0 Å². The highest BCUT2D eigenvalue weighted by Crippen LogP contribution is 2.22. The topological polar surface area (TPSA) is 78.5 Å². The number of fused-ring (bicyclic) bond motifs is 1. The lowest BCUT2D eigenvalue weighted by atomic mass is 10.1. The monoisotopic (exact) mass is 343 g/mol. The molecular formula is C19H25N3O3. The van der Waals surface area contributed by atoms with Crippen LogP contribution in [0.1, 0.15) is 65.7 Å². The Morgan fingerprint density at radius 3 is 2.20 bits per heavy atom. The van der Waals surface area contributed by atoms with E-state index in [1.165, 1.54) is 30.6 Å². The highest BCUT2D eigenvalue weighted by Gasteiger charge is 2.34. The predicted molar refractivity (Wildman–Crippen MR) is 94.5 cm³/mol. The average molecular weight is 343 g/mol. The quantitative estimate of drug-likeness (QED) is 0.490. The Bertz CT molecular complexity index is 616. The van der Waals surface area contributed by atoms with Gasteiger partial charge in [0.25, 0.3) is 11.8 Å². The number of imide groups is 1. The molecule has 0 spiro atoms. The fraction of sp³-hybridized carbons (Fsp3) is 0.526. The van der Waals surface area contributed by atoms with Crippen LogP contribution in [0.3, 0.4) is 0 Å². The number of carbonyl (C=O) groups is 3. The first-order chi connectivity index (χ1) is 12.2. The van der Waals surface area contributed by atoms with Crippen LogP contribution in [0.25, 0.3) is 0 Å². The van der Waals surface area contributed by atoms with Crippen molar-refractivity contribution in [1.82, 2.24) is 15.5 Å². The van der Waals surface area contributed by atoms with E-state index in [1.54, 1.807) is 24.3 Å². The maximum atomic E-state index is 12.2. The van der Waals surface area contributed by atoms with Gasteiger partial charge >= 0.3 is 6.03 Å². The van der Waals surface area contributed by atoms with Crippen LogP contribution in [-0.4, -0.2) is 41.9 Å². The zero-order valence-electron chi connectivity index (χ0n) is 14.4. The molecule has 1 heterocycles. The summed E-state index contributed by atoms with van der Waals surface area (Å²) in [6.45, 7) is 0.752. The standard InChI is InChI=1S/C19H25N3O3/c23-17-15-10-5-6-11-16(15)18(24)22(17)13-7-12-20-19(25)21-14-8-3-1-2-4-9-14/h5-6,10-11,14H,1-4,7-9,12-13H2,(H2,20,21,25). The fourth-order valence-electron chi connectivity index (χ4n) is 3.54. The third-order valence-electron chi connectivity index (χ3n) is 4.91. The van der Waals surface area contributed by atoms with Gasteiger partial charge in [0.1, 0.15) is 0 Å². The van der Waals surface area contributed by atoms with Gasteiger partial charge in [-0.2, -0.15) is 0 Å². The Kier molecular flexibility index (Phi) is 5.68. The Balaban J connectivity index is 1.39. The molecule has 6 heteroatoms. The molecule has 0 bridgehead atoms. The largest absolute Gasteiger partial charge is 0.338 e. The van der Waals surface area contributed by atoms with Crippen molar-refractivity contribution in [3.63, 3.8) is 0 Å². The van der Waals surface area contributed by atoms with E-state index in [0.717, 1.165) is 12.8 Å². The predicted octanol–water partition coefficient (Wildman–Crippen LogP) is 2.69. The van der Waals surface area contributed by atoms with E-state index >= 15 is 0 Å². The van der Waals surface area contributed by atoms with Crippen molar-refractivity contribution in [2.24, 2.45) is 0 Å². The first-order valence-corrected chi connectivity index (χ1v) is 9.16. The van der Waals surface area contributed by atoms with Crippen LogP contribution in [0.2, 0.25) is 0 Å². The van der Waals surface area contributed by atoms with Crippen molar-refractivity contribution in [2.75, 3.05) is 13.1 Å². The van der Waals surface area contributed by atoms with E-state index in [1.807, 2.05) is 0 Å². The number of carbonyl (C=O) groups excluding carboxylic acids is 3. The minimum Gasteiger partial charge on any atom is -0.338 e. The molecule has 1 fully saturated rings. The Labute approximate surface area is 148 Å². The lowest BCUT2D eigenvalue weighted by molar-refractivity contribution is 0.0653. The molecule has 0 aromatic heterocycles. The average Bonchev–Trinajstić information content (AvgIpc) is 2.79. The summed E-state index contributed by atoms with van der Waals surface area (Å²) in [5.74, 6) is -0.494. The lowest BCUT2D eigenvalue weighted by Crippen LogP contribution is -2.43. The first kappa shape index (κ1) is 17.5. The molecule has 4 amide bonds. The lowest BCUT2D eigenvalue weighted by Gasteiger charge is -2.17. The van der Waals surface area contributed by atoms with Gasteiger partial charge in [0.15, 0.2) is 0 Å². The number of hydrogen-bond donors (Lipinski definition) is 2. The van der Waals surface area contributed by atoms with E-state index in [0.29, 0.717) is 30.6 Å². The zero-order chi connectivity index (χ0) is 17.6. The molecule has 0 radical (unpaired) electrons. The molecule has 3 rings (SSSR count). The highest BCUT2D eigenvalue weighted by molar-refractivity contribution is 6.21. The maximum absolute atomic E-state index is 12.2. The third-order valence-corrected chi connectivity index (χ3v) is 4.91. The number of nitrogens with one attached hydrogen (secondary N) is 2. The Hall–Kier alpha value is -2.37. The van der Waals surface area contributed by atoms with Gasteiger partial charge < -0.3 is 10.6 Å². The number of rotatable bonds is 5. The van der Waals surface area contributed by atoms with Crippen molar-refractivity contribution in [3.05, 3.63) is 35.4 Å². The zero-order valence-corrected chi connectivity index (χ0v) is 14.4. The number of nitrogens with zero attached hydrogens (tertiary/aromatic N) is 1. The van der Waals surface area contributed by atoms with E-state index in [4.69, 9.17) is 0 Å². The number of hydrogen-bond acceptors (Lipinski definition) is 3. The summed E-state index contributed by atoms with van der Waals surface area (Å²) in [6, 6.07) is 6.97. The van der Waals surface area contributed by atoms with Gasteiger partial charge in [0.05, 0.1) is 11.1 Å². The number of amides is 4. The van der Waals surface area contributed by atoms with Crippen LogP contribution in [0.5, 0.6) is 0 Å². The van der Waals surface area contributed by atoms with Gasteiger partial charge in [-0.3, -0.25) is 14.5 Å². The summed E-state index contributed by atoms with van der Waals surface area (Å²) in [5.41, 5.74) is 0.929. The fourth-order valence-corrected chi connectivity index (χ4v) is 3.54. The van der Waals surface area contributed by atoms with Crippen LogP contribution in [0, 0.1) is 0 Å². The molecule has 2 N–H and O–H groups in total. The Morgan fingerprint density at radius 2 is 1.60 bits per heavy atom. The third kappa shape index (κ3) is 4.18. The van der Waals surface area contributed by atoms with Gasteiger partial charge in [-0.05, 0) is 31.4 Å². The molecule has 0 atom stereocenters. The second kappa shape index (κ2) is 8.14. The summed E-state index contributed by atoms with van der Waals surface area (Å²) < 4.78 is 0. The first-order valence-electron chi connectivity index (χ1n) is 9.16. The molecular weight excluding hydrogens is 318 g/mol. The summed E-state index contributed by atoms with van der Waals surface area (Å²) in [5, 5.41) is 5.85. The van der Waals surface area contributed by atoms with Crippen molar-refractivity contribution < 1.29 is 14.4 Å². The molecule has 2 aliphatic rings. The van der Waals surface area contributed by atoms with Gasteiger partial charge in [-0.1, -0.05) is 37.8 Å². The molecule has 1 aliphatic heterocycles. The molecule has 1 aromatic rings. The van der Waals surface area contributed by atoms with E-state index < -0.39 is 0 Å². The summed E-state index contributed by atoms with van der Waals surface area (Å²) >= 11 is 0. The molecule has 6 nitrogen and oxygen atoms in total. The maximum Gasteiger partial charge on any atom is 0.315 e. The molecule has 25 heavy (non-hydrogen) atoms. The molecule has 0 unspecified atom stereocenters. The van der Waals surface area contributed by atoms with Crippen molar-refractivity contribution in [1.29, 1.82) is 0 Å². The number of urea groups is 1. The minimum atomic E-state index is -0.247. The number of benzene rings is 1. The van der Waals surface area contributed by atoms with Crippen molar-refractivity contribution in [2.45, 2.75) is 51.0 Å².